The van der Waals surface area contributed by atoms with Gasteiger partial charge in [-0.15, -0.1) is 0 Å². The Kier molecular flexibility index (Phi) is 4.28. The zero-order valence-electron chi connectivity index (χ0n) is 9.67. The van der Waals surface area contributed by atoms with Gasteiger partial charge in [0.05, 0.1) is 20.1 Å². The summed E-state index contributed by atoms with van der Waals surface area (Å²) in [5.74, 6) is -0.278. The number of aryl methyl sites for hydroxylation is 1. The molecule has 0 atom stereocenters. The van der Waals surface area contributed by atoms with Crippen LogP contribution in [0.2, 0.25) is 0 Å². The van der Waals surface area contributed by atoms with Crippen LogP contribution < -0.4 is 4.74 Å². The number of carbonyl (C=O) groups excluding carboxylic acids is 1. The molecule has 0 fully saturated rings. The Hall–Kier alpha value is -1.58. The molecule has 0 aliphatic carbocycles. The van der Waals surface area contributed by atoms with E-state index < -0.39 is 11.8 Å². The molecule has 0 saturated heterocycles. The van der Waals surface area contributed by atoms with E-state index in [1.165, 1.54) is 19.2 Å². The van der Waals surface area contributed by atoms with Crippen molar-refractivity contribution in [2.75, 3.05) is 13.7 Å². The van der Waals surface area contributed by atoms with Gasteiger partial charge in [0.15, 0.2) is 0 Å². The van der Waals surface area contributed by atoms with Crippen LogP contribution in [0.5, 0.6) is 5.75 Å². The number of hydrogen-bond acceptors (Lipinski definition) is 3. The maximum Gasteiger partial charge on any atom is 0.310 e. The molecule has 0 saturated carbocycles. The van der Waals surface area contributed by atoms with E-state index in [2.05, 4.69) is 0 Å². The smallest absolute Gasteiger partial charge is 0.310 e. The van der Waals surface area contributed by atoms with E-state index in [0.717, 1.165) is 0 Å². The third-order valence-electron chi connectivity index (χ3n) is 2.20. The van der Waals surface area contributed by atoms with Gasteiger partial charge in [0.1, 0.15) is 11.6 Å². The van der Waals surface area contributed by atoms with Gasteiger partial charge in [0.2, 0.25) is 0 Å². The highest BCUT2D eigenvalue weighted by molar-refractivity contribution is 5.72. The fourth-order valence-corrected chi connectivity index (χ4v) is 1.42. The number of hydrogen-bond donors (Lipinski definition) is 0. The van der Waals surface area contributed by atoms with Crippen LogP contribution in [0.1, 0.15) is 18.1 Å². The standard InChI is InChI=1S/C12H15FO3/c1-4-16-12(14)7-9-6-11(15-3)8(2)5-10(9)13/h5-6H,4,7H2,1-3H3. The van der Waals surface area contributed by atoms with Crippen molar-refractivity contribution in [3.63, 3.8) is 0 Å². The number of ether oxygens (including phenoxy) is 2. The van der Waals surface area contributed by atoms with Crippen LogP contribution in [0.25, 0.3) is 0 Å². The van der Waals surface area contributed by atoms with Gasteiger partial charge >= 0.3 is 5.97 Å². The maximum atomic E-state index is 13.5. The van der Waals surface area contributed by atoms with Gasteiger partial charge in [-0.2, -0.15) is 0 Å². The molecule has 0 amide bonds. The third kappa shape index (κ3) is 2.95. The minimum absolute atomic E-state index is 0.0731. The predicted molar refractivity (Wildman–Crippen MR) is 58.0 cm³/mol. The van der Waals surface area contributed by atoms with E-state index in [9.17, 15) is 9.18 Å². The normalized spacial score (nSPS) is 10.0. The summed E-state index contributed by atoms with van der Waals surface area (Å²) in [6.07, 6.45) is -0.0731. The van der Waals surface area contributed by atoms with Crippen LogP contribution in [0.4, 0.5) is 4.39 Å². The average Bonchev–Trinajstić information content (AvgIpc) is 2.22. The highest BCUT2D eigenvalue weighted by atomic mass is 19.1. The Morgan fingerprint density at radius 2 is 2.12 bits per heavy atom. The molecule has 4 heteroatoms. The quantitative estimate of drug-likeness (QED) is 0.739. The van der Waals surface area contributed by atoms with Crippen LogP contribution in [-0.4, -0.2) is 19.7 Å². The molecule has 1 aromatic rings. The van der Waals surface area contributed by atoms with Gasteiger partial charge in [-0.1, -0.05) is 0 Å². The van der Waals surface area contributed by atoms with E-state index >= 15 is 0 Å². The van der Waals surface area contributed by atoms with Gasteiger partial charge in [-0.05, 0) is 31.5 Å². The Labute approximate surface area is 94.2 Å². The Morgan fingerprint density at radius 3 is 2.69 bits per heavy atom. The first-order valence-electron chi connectivity index (χ1n) is 5.07. The van der Waals surface area contributed by atoms with Crippen LogP contribution in [0.3, 0.4) is 0 Å². The molecule has 0 aromatic heterocycles. The fourth-order valence-electron chi connectivity index (χ4n) is 1.42. The van der Waals surface area contributed by atoms with Crippen LogP contribution in [0.15, 0.2) is 12.1 Å². The van der Waals surface area contributed by atoms with E-state index in [4.69, 9.17) is 9.47 Å². The maximum absolute atomic E-state index is 13.5. The Morgan fingerprint density at radius 1 is 1.44 bits per heavy atom. The first-order chi connectivity index (χ1) is 7.58. The summed E-state index contributed by atoms with van der Waals surface area (Å²) < 4.78 is 23.3. The molecule has 0 bridgehead atoms. The third-order valence-corrected chi connectivity index (χ3v) is 2.20. The van der Waals surface area contributed by atoms with E-state index in [1.807, 2.05) is 0 Å². The molecule has 0 unspecified atom stereocenters. The molecule has 0 aliphatic rings. The summed E-state index contributed by atoms with van der Waals surface area (Å²) in [5.41, 5.74) is 0.994. The first kappa shape index (κ1) is 12.5. The van der Waals surface area contributed by atoms with E-state index in [0.29, 0.717) is 23.5 Å². The molecular weight excluding hydrogens is 211 g/mol. The van der Waals surface area contributed by atoms with Gasteiger partial charge in [-0.25, -0.2) is 4.39 Å². The molecule has 1 aromatic carbocycles. The summed E-state index contributed by atoms with van der Waals surface area (Å²) in [6, 6.07) is 2.88. The van der Waals surface area contributed by atoms with Crippen molar-refractivity contribution in [3.8, 4) is 5.75 Å². The first-order valence-corrected chi connectivity index (χ1v) is 5.07. The number of rotatable bonds is 4. The van der Waals surface area contributed by atoms with Crippen molar-refractivity contribution in [1.29, 1.82) is 0 Å². The van der Waals surface area contributed by atoms with Crippen molar-refractivity contribution in [2.45, 2.75) is 20.3 Å². The fraction of sp³-hybridized carbons (Fsp3) is 0.417. The van der Waals surface area contributed by atoms with Gasteiger partial charge in [0, 0.05) is 5.56 Å². The van der Waals surface area contributed by atoms with Crippen molar-refractivity contribution in [2.24, 2.45) is 0 Å². The number of halogens is 1. The number of benzene rings is 1. The second-order valence-corrected chi connectivity index (χ2v) is 3.40. The van der Waals surface area contributed by atoms with Crippen molar-refractivity contribution < 1.29 is 18.7 Å². The highest BCUT2D eigenvalue weighted by Gasteiger charge is 2.12. The molecule has 16 heavy (non-hydrogen) atoms. The summed E-state index contributed by atoms with van der Waals surface area (Å²) in [7, 11) is 1.51. The second kappa shape index (κ2) is 5.49. The summed E-state index contributed by atoms with van der Waals surface area (Å²) in [6.45, 7) is 3.75. The zero-order valence-corrected chi connectivity index (χ0v) is 9.67. The lowest BCUT2D eigenvalue weighted by atomic mass is 10.1. The Balaban J connectivity index is 2.91. The molecule has 0 N–H and O–H groups in total. The van der Waals surface area contributed by atoms with Crippen LogP contribution in [-0.2, 0) is 16.0 Å². The minimum Gasteiger partial charge on any atom is -0.496 e. The average molecular weight is 226 g/mol. The van der Waals surface area contributed by atoms with Crippen molar-refractivity contribution in [3.05, 3.63) is 29.1 Å². The lowest BCUT2D eigenvalue weighted by molar-refractivity contribution is -0.142. The van der Waals surface area contributed by atoms with Crippen molar-refractivity contribution >= 4 is 5.97 Å². The molecule has 3 nitrogen and oxygen atoms in total. The molecule has 0 aliphatic heterocycles. The summed E-state index contributed by atoms with van der Waals surface area (Å²) >= 11 is 0. The van der Waals surface area contributed by atoms with Gasteiger partial charge < -0.3 is 9.47 Å². The van der Waals surface area contributed by atoms with Crippen LogP contribution in [0, 0.1) is 12.7 Å². The SMILES string of the molecule is CCOC(=O)Cc1cc(OC)c(C)cc1F. The van der Waals surface area contributed by atoms with Crippen molar-refractivity contribution in [1.82, 2.24) is 0 Å². The Bertz CT molecular complexity index is 388. The minimum atomic E-state index is -0.438. The zero-order chi connectivity index (χ0) is 12.1. The van der Waals surface area contributed by atoms with E-state index in [-0.39, 0.29) is 6.42 Å². The van der Waals surface area contributed by atoms with Gasteiger partial charge in [-0.3, -0.25) is 4.79 Å². The molecule has 1 rings (SSSR count). The molecular formula is C12H15FO3. The highest BCUT2D eigenvalue weighted by Crippen LogP contribution is 2.22. The molecule has 0 heterocycles. The summed E-state index contributed by atoms with van der Waals surface area (Å²) in [5, 5.41) is 0. The summed E-state index contributed by atoms with van der Waals surface area (Å²) in [4.78, 5) is 11.2. The van der Waals surface area contributed by atoms with E-state index in [1.54, 1.807) is 13.8 Å². The lowest BCUT2D eigenvalue weighted by Gasteiger charge is -2.08. The van der Waals surface area contributed by atoms with Gasteiger partial charge in [0.25, 0.3) is 0 Å². The molecule has 88 valence electrons. The molecule has 0 radical (unpaired) electrons. The largest absolute Gasteiger partial charge is 0.496 e. The second-order valence-electron chi connectivity index (χ2n) is 3.40. The van der Waals surface area contributed by atoms with Crippen LogP contribution >= 0.6 is 0 Å². The number of carbonyl (C=O) groups is 1. The monoisotopic (exact) mass is 226 g/mol. The number of methoxy groups -OCH3 is 1. The number of esters is 1. The topological polar surface area (TPSA) is 35.5 Å². The lowest BCUT2D eigenvalue weighted by Crippen LogP contribution is -2.09. The molecule has 0 spiro atoms. The predicted octanol–water partition coefficient (Wildman–Crippen LogP) is 2.25.